The molecule has 0 unspecified atom stereocenters. The molecule has 0 aromatic carbocycles. The third kappa shape index (κ3) is 2.39. The second-order valence-corrected chi connectivity index (χ2v) is 6.14. The second-order valence-electron chi connectivity index (χ2n) is 6.14. The molecule has 0 saturated heterocycles. The van der Waals surface area contributed by atoms with E-state index in [1.807, 2.05) is 25.1 Å². The lowest BCUT2D eigenvalue weighted by molar-refractivity contribution is -0.129. The van der Waals surface area contributed by atoms with Crippen LogP contribution in [0.25, 0.3) is 0 Å². The summed E-state index contributed by atoms with van der Waals surface area (Å²) in [6.45, 7) is 4.27. The Bertz CT molecular complexity index is 673. The quantitative estimate of drug-likeness (QED) is 0.785. The summed E-state index contributed by atoms with van der Waals surface area (Å²) in [5.41, 5.74) is -0.894. The number of rotatable bonds is 2. The van der Waals surface area contributed by atoms with Gasteiger partial charge in [-0.3, -0.25) is 4.79 Å². The lowest BCUT2D eigenvalue weighted by Crippen LogP contribution is -2.54. The number of nitrogens with zero attached hydrogens (tertiary/aromatic N) is 4. The molecular formula is C17H19N5O. The minimum absolute atomic E-state index is 0.0655. The van der Waals surface area contributed by atoms with Crippen LogP contribution in [-0.2, 0) is 4.79 Å². The number of carbonyl (C=O) groups excluding carboxylic acids is 1. The van der Waals surface area contributed by atoms with Crippen molar-refractivity contribution in [3.63, 3.8) is 0 Å². The lowest BCUT2D eigenvalue weighted by atomic mass is 9.55. The molecule has 118 valence electrons. The van der Waals surface area contributed by atoms with E-state index in [2.05, 4.69) is 6.07 Å². The van der Waals surface area contributed by atoms with E-state index in [0.717, 1.165) is 12.0 Å². The van der Waals surface area contributed by atoms with Gasteiger partial charge in [0.2, 0.25) is 5.91 Å². The monoisotopic (exact) mass is 309 g/mol. The molecule has 3 atom stereocenters. The molecule has 1 aliphatic carbocycles. The van der Waals surface area contributed by atoms with Gasteiger partial charge in [-0.05, 0) is 12.0 Å². The van der Waals surface area contributed by atoms with Crippen LogP contribution in [0, 0.1) is 62.6 Å². The standard InChI is InChI=1S/C17H19N5O/c1-3-4-15-14-8-22(11(2)23)6-5-12(14)13(7-18)16(21)17(15,9-19)10-20/h5,13-15,21H,3-4,6,8H2,1-2H3/t13-,14-,15-/m1/s1. The largest absolute Gasteiger partial charge is 0.339 e. The molecule has 0 spiro atoms. The highest BCUT2D eigenvalue weighted by atomic mass is 16.2. The maximum atomic E-state index is 11.7. The molecular weight excluding hydrogens is 290 g/mol. The zero-order valence-electron chi connectivity index (χ0n) is 13.3. The van der Waals surface area contributed by atoms with Crippen molar-refractivity contribution in [3.8, 4) is 18.2 Å². The van der Waals surface area contributed by atoms with Crippen molar-refractivity contribution >= 4 is 11.6 Å². The first kappa shape index (κ1) is 16.7. The first-order chi connectivity index (χ1) is 11.0. The fraction of sp³-hybridized carbons (Fsp3) is 0.588. The molecule has 2 aliphatic rings. The van der Waals surface area contributed by atoms with Gasteiger partial charge in [0, 0.05) is 31.8 Å². The molecule has 6 nitrogen and oxygen atoms in total. The zero-order valence-corrected chi connectivity index (χ0v) is 13.3. The number of fused-ring (bicyclic) bond motifs is 1. The summed E-state index contributed by atoms with van der Waals surface area (Å²) in [4.78, 5) is 13.4. The number of nitriles is 3. The molecule has 2 rings (SSSR count). The van der Waals surface area contributed by atoms with Crippen LogP contribution in [-0.4, -0.2) is 29.6 Å². The molecule has 1 aliphatic heterocycles. The van der Waals surface area contributed by atoms with E-state index < -0.39 is 11.3 Å². The van der Waals surface area contributed by atoms with Crippen molar-refractivity contribution in [2.75, 3.05) is 13.1 Å². The van der Waals surface area contributed by atoms with E-state index in [-0.39, 0.29) is 23.5 Å². The summed E-state index contributed by atoms with van der Waals surface area (Å²) in [5, 5.41) is 37.1. The number of carbonyl (C=O) groups is 1. The highest BCUT2D eigenvalue weighted by Crippen LogP contribution is 2.50. The Morgan fingerprint density at radius 2 is 2.09 bits per heavy atom. The van der Waals surface area contributed by atoms with Crippen LogP contribution in [0.1, 0.15) is 26.7 Å². The minimum atomic E-state index is -1.59. The molecule has 1 saturated carbocycles. The van der Waals surface area contributed by atoms with Crippen LogP contribution in [0.2, 0.25) is 0 Å². The summed E-state index contributed by atoms with van der Waals surface area (Å²) < 4.78 is 0. The molecule has 0 aromatic heterocycles. The van der Waals surface area contributed by atoms with Crippen molar-refractivity contribution in [1.82, 2.24) is 4.90 Å². The van der Waals surface area contributed by atoms with Gasteiger partial charge in [0.15, 0.2) is 5.41 Å². The number of hydrogen-bond acceptors (Lipinski definition) is 5. The molecule has 1 fully saturated rings. The maximum Gasteiger partial charge on any atom is 0.219 e. The van der Waals surface area contributed by atoms with E-state index in [1.165, 1.54) is 6.92 Å². The van der Waals surface area contributed by atoms with Crippen molar-refractivity contribution < 1.29 is 4.79 Å². The highest BCUT2D eigenvalue weighted by Gasteiger charge is 2.56. The number of hydrogen-bond donors (Lipinski definition) is 1. The van der Waals surface area contributed by atoms with E-state index in [1.54, 1.807) is 4.90 Å². The lowest BCUT2D eigenvalue weighted by Gasteiger charge is -2.47. The topological polar surface area (TPSA) is 116 Å². The maximum absolute atomic E-state index is 11.7. The van der Waals surface area contributed by atoms with Crippen LogP contribution in [0.15, 0.2) is 11.6 Å². The normalized spacial score (nSPS) is 28.7. The van der Waals surface area contributed by atoms with Crippen molar-refractivity contribution in [1.29, 1.82) is 21.2 Å². The Hall–Kier alpha value is -2.65. The van der Waals surface area contributed by atoms with Gasteiger partial charge in [-0.1, -0.05) is 19.4 Å². The molecule has 1 heterocycles. The van der Waals surface area contributed by atoms with Gasteiger partial charge in [-0.2, -0.15) is 15.8 Å². The van der Waals surface area contributed by atoms with Gasteiger partial charge in [0.05, 0.1) is 23.9 Å². The first-order valence-electron chi connectivity index (χ1n) is 7.73. The summed E-state index contributed by atoms with van der Waals surface area (Å²) >= 11 is 0. The predicted molar refractivity (Wildman–Crippen MR) is 82.7 cm³/mol. The minimum Gasteiger partial charge on any atom is -0.339 e. The van der Waals surface area contributed by atoms with Gasteiger partial charge in [0.1, 0.15) is 5.92 Å². The van der Waals surface area contributed by atoms with E-state index in [0.29, 0.717) is 19.5 Å². The Labute approximate surface area is 136 Å². The average Bonchev–Trinajstić information content (AvgIpc) is 2.56. The average molecular weight is 309 g/mol. The van der Waals surface area contributed by atoms with Crippen LogP contribution >= 0.6 is 0 Å². The van der Waals surface area contributed by atoms with Crippen LogP contribution in [0.3, 0.4) is 0 Å². The molecule has 0 radical (unpaired) electrons. The van der Waals surface area contributed by atoms with Crippen LogP contribution < -0.4 is 0 Å². The zero-order chi connectivity index (χ0) is 17.2. The molecule has 1 amide bonds. The third-order valence-electron chi connectivity index (χ3n) is 5.01. The third-order valence-corrected chi connectivity index (χ3v) is 5.01. The molecule has 0 bridgehead atoms. The van der Waals surface area contributed by atoms with Crippen LogP contribution in [0.5, 0.6) is 0 Å². The number of amides is 1. The summed E-state index contributed by atoms with van der Waals surface area (Å²) in [7, 11) is 0. The van der Waals surface area contributed by atoms with Gasteiger partial charge in [-0.25, -0.2) is 0 Å². The Balaban J connectivity index is 2.60. The van der Waals surface area contributed by atoms with E-state index >= 15 is 0 Å². The predicted octanol–water partition coefficient (Wildman–Crippen LogP) is 2.01. The van der Waals surface area contributed by atoms with Crippen molar-refractivity contribution in [2.45, 2.75) is 26.7 Å². The fourth-order valence-electron chi connectivity index (χ4n) is 3.81. The second kappa shape index (κ2) is 6.23. The summed E-state index contributed by atoms with van der Waals surface area (Å²) in [5.74, 6) is -1.50. The van der Waals surface area contributed by atoms with Crippen LogP contribution in [0.4, 0.5) is 0 Å². The Morgan fingerprint density at radius 1 is 1.43 bits per heavy atom. The van der Waals surface area contributed by atoms with Gasteiger partial charge < -0.3 is 10.3 Å². The van der Waals surface area contributed by atoms with E-state index in [4.69, 9.17) is 5.41 Å². The fourth-order valence-corrected chi connectivity index (χ4v) is 3.81. The van der Waals surface area contributed by atoms with Gasteiger partial charge in [0.25, 0.3) is 0 Å². The highest BCUT2D eigenvalue weighted by molar-refractivity contribution is 6.00. The Morgan fingerprint density at radius 3 is 2.57 bits per heavy atom. The molecule has 0 aromatic rings. The SMILES string of the molecule is CCC[C@@H]1[C@@H]2CN(C(C)=O)CC=C2[C@@H](C#N)C(=N)C1(C#N)C#N. The van der Waals surface area contributed by atoms with Crippen molar-refractivity contribution in [2.24, 2.45) is 23.2 Å². The smallest absolute Gasteiger partial charge is 0.219 e. The van der Waals surface area contributed by atoms with Gasteiger partial charge >= 0.3 is 0 Å². The van der Waals surface area contributed by atoms with E-state index in [9.17, 15) is 20.6 Å². The molecule has 6 heteroatoms. The Kier molecular flexibility index (Phi) is 4.52. The van der Waals surface area contributed by atoms with Crippen molar-refractivity contribution in [3.05, 3.63) is 11.6 Å². The molecule has 1 N–H and O–H groups in total. The molecule has 23 heavy (non-hydrogen) atoms. The summed E-state index contributed by atoms with van der Waals surface area (Å²) in [6, 6.07) is 6.14. The van der Waals surface area contributed by atoms with Gasteiger partial charge in [-0.15, -0.1) is 0 Å². The first-order valence-corrected chi connectivity index (χ1v) is 7.73. The summed E-state index contributed by atoms with van der Waals surface area (Å²) in [6.07, 6.45) is 3.21. The number of nitrogens with one attached hydrogen (secondary N) is 1.